The fraction of sp³-hybridized carbons (Fsp3) is 0.250. The first kappa shape index (κ1) is 18.6. The maximum atomic E-state index is 13.8. The van der Waals surface area contributed by atoms with E-state index in [2.05, 4.69) is 5.32 Å². The van der Waals surface area contributed by atoms with Gasteiger partial charge < -0.3 is 10.1 Å². The zero-order valence-corrected chi connectivity index (χ0v) is 15.2. The minimum absolute atomic E-state index is 0.256. The minimum atomic E-state index is -1.21. The van der Waals surface area contributed by atoms with E-state index in [0.29, 0.717) is 11.4 Å². The first-order valence-electron chi connectivity index (χ1n) is 8.43. The Balaban J connectivity index is 1.89. The van der Waals surface area contributed by atoms with Crippen molar-refractivity contribution in [1.29, 1.82) is 0 Å². The van der Waals surface area contributed by atoms with Crippen molar-refractivity contribution in [1.82, 2.24) is 0 Å². The van der Waals surface area contributed by atoms with Gasteiger partial charge in [0.05, 0.1) is 16.9 Å². The van der Waals surface area contributed by atoms with E-state index >= 15 is 0 Å². The van der Waals surface area contributed by atoms with Crippen LogP contribution in [0.5, 0.6) is 0 Å². The second-order valence-electron chi connectivity index (χ2n) is 6.73. The number of benzene rings is 2. The van der Waals surface area contributed by atoms with Crippen LogP contribution in [0.4, 0.5) is 15.8 Å². The Labute approximate surface area is 155 Å². The highest BCUT2D eigenvalue weighted by Crippen LogP contribution is 2.37. The fourth-order valence-electron chi connectivity index (χ4n) is 2.93. The van der Waals surface area contributed by atoms with Gasteiger partial charge in [0.15, 0.2) is 6.10 Å². The summed E-state index contributed by atoms with van der Waals surface area (Å²) in [6.07, 6.45) is -1.21. The molecule has 6 nitrogen and oxygen atoms in total. The summed E-state index contributed by atoms with van der Waals surface area (Å²) >= 11 is 0. The van der Waals surface area contributed by atoms with Crippen molar-refractivity contribution in [2.45, 2.75) is 32.4 Å². The maximum Gasteiger partial charge on any atom is 0.341 e. The molecule has 0 bridgehead atoms. The van der Waals surface area contributed by atoms with Gasteiger partial charge in [-0.2, -0.15) is 0 Å². The summed E-state index contributed by atoms with van der Waals surface area (Å²) in [7, 11) is 0. The molecule has 1 atom stereocenters. The van der Waals surface area contributed by atoms with Gasteiger partial charge in [-0.1, -0.05) is 24.3 Å². The van der Waals surface area contributed by atoms with Crippen molar-refractivity contribution < 1.29 is 23.5 Å². The molecule has 3 rings (SSSR count). The largest absolute Gasteiger partial charge is 0.449 e. The predicted molar refractivity (Wildman–Crippen MR) is 97.9 cm³/mol. The van der Waals surface area contributed by atoms with Crippen molar-refractivity contribution in [3.63, 3.8) is 0 Å². The van der Waals surface area contributed by atoms with Gasteiger partial charge in [0.1, 0.15) is 11.4 Å². The number of hydrogen-bond acceptors (Lipinski definition) is 4. The van der Waals surface area contributed by atoms with Gasteiger partial charge >= 0.3 is 5.97 Å². The lowest BCUT2D eigenvalue weighted by atomic mass is 9.95. The molecule has 7 heteroatoms. The average Bonchev–Trinajstić information content (AvgIpc) is 2.62. The van der Waals surface area contributed by atoms with E-state index in [9.17, 15) is 18.8 Å². The van der Waals surface area contributed by atoms with Crippen molar-refractivity contribution in [3.05, 3.63) is 59.9 Å². The van der Waals surface area contributed by atoms with Crippen LogP contribution in [0, 0.1) is 5.82 Å². The lowest BCUT2D eigenvalue weighted by molar-refractivity contribution is -0.131. The van der Waals surface area contributed by atoms with E-state index in [0.717, 1.165) is 6.07 Å². The molecule has 0 aromatic heterocycles. The van der Waals surface area contributed by atoms with Crippen LogP contribution in [0.15, 0.2) is 48.5 Å². The highest BCUT2D eigenvalue weighted by atomic mass is 19.1. The van der Waals surface area contributed by atoms with E-state index in [1.807, 2.05) is 0 Å². The third kappa shape index (κ3) is 3.28. The number of anilines is 2. The van der Waals surface area contributed by atoms with E-state index in [1.54, 1.807) is 38.1 Å². The van der Waals surface area contributed by atoms with Crippen LogP contribution in [0.2, 0.25) is 0 Å². The first-order chi connectivity index (χ1) is 12.7. The van der Waals surface area contributed by atoms with Gasteiger partial charge in [-0.05, 0) is 45.0 Å². The molecule has 2 aromatic carbocycles. The topological polar surface area (TPSA) is 75.7 Å². The zero-order chi connectivity index (χ0) is 19.8. The highest BCUT2D eigenvalue weighted by Gasteiger charge is 2.45. The molecule has 2 aromatic rings. The summed E-state index contributed by atoms with van der Waals surface area (Å²) in [6, 6.07) is 12.2. The summed E-state index contributed by atoms with van der Waals surface area (Å²) in [5.74, 6) is -2.61. The van der Waals surface area contributed by atoms with E-state index in [4.69, 9.17) is 4.74 Å². The Kier molecular flexibility index (Phi) is 4.70. The molecule has 1 aliphatic rings. The molecule has 0 saturated carbocycles. The van der Waals surface area contributed by atoms with Gasteiger partial charge in [0, 0.05) is 0 Å². The Morgan fingerprint density at radius 3 is 2.44 bits per heavy atom. The summed E-state index contributed by atoms with van der Waals surface area (Å²) in [5.41, 5.74) is -0.457. The van der Waals surface area contributed by atoms with Crippen LogP contribution in [0.25, 0.3) is 0 Å². The standard InChI is InChI=1S/C20H19FN2O4/c1-12(27-18(25)13-8-4-5-9-14(13)21)17(24)23-16-11-7-6-10-15(16)22-19(26)20(23,2)3/h4-12H,1-3H3,(H,22,26)/t12-/m1/s1. The molecular formula is C20H19FN2O4. The lowest BCUT2D eigenvalue weighted by Gasteiger charge is -2.42. The molecule has 140 valence electrons. The van der Waals surface area contributed by atoms with Crippen molar-refractivity contribution in [2.24, 2.45) is 0 Å². The Morgan fingerprint density at radius 2 is 1.74 bits per heavy atom. The molecule has 27 heavy (non-hydrogen) atoms. The number of fused-ring (bicyclic) bond motifs is 1. The van der Waals surface area contributed by atoms with Crippen LogP contribution in [0.3, 0.4) is 0 Å². The van der Waals surface area contributed by atoms with Crippen LogP contribution in [0.1, 0.15) is 31.1 Å². The number of nitrogens with one attached hydrogen (secondary N) is 1. The van der Waals surface area contributed by atoms with Crippen molar-refractivity contribution in [3.8, 4) is 0 Å². The summed E-state index contributed by atoms with van der Waals surface area (Å²) < 4.78 is 18.9. The monoisotopic (exact) mass is 370 g/mol. The van der Waals surface area contributed by atoms with Gasteiger partial charge in [-0.15, -0.1) is 0 Å². The van der Waals surface area contributed by atoms with E-state index in [1.165, 1.54) is 30.0 Å². The smallest absolute Gasteiger partial charge is 0.341 e. The molecule has 0 fully saturated rings. The third-order valence-electron chi connectivity index (χ3n) is 4.45. The molecule has 1 aliphatic heterocycles. The summed E-state index contributed by atoms with van der Waals surface area (Å²) in [6.45, 7) is 4.59. The number of nitrogens with zero attached hydrogens (tertiary/aromatic N) is 1. The number of hydrogen-bond donors (Lipinski definition) is 1. The molecule has 0 aliphatic carbocycles. The van der Waals surface area contributed by atoms with E-state index in [-0.39, 0.29) is 11.5 Å². The number of rotatable bonds is 3. The number of carbonyl (C=O) groups excluding carboxylic acids is 3. The summed E-state index contributed by atoms with van der Waals surface area (Å²) in [5, 5.41) is 2.76. The van der Waals surface area contributed by atoms with Gasteiger partial charge in [-0.25, -0.2) is 9.18 Å². The number of amides is 2. The van der Waals surface area contributed by atoms with Crippen LogP contribution in [-0.2, 0) is 14.3 Å². The Bertz CT molecular complexity index is 926. The summed E-state index contributed by atoms with van der Waals surface area (Å²) in [4.78, 5) is 39.0. The molecule has 1 N–H and O–H groups in total. The molecule has 0 unspecified atom stereocenters. The van der Waals surface area contributed by atoms with Crippen LogP contribution in [-0.4, -0.2) is 29.4 Å². The number of carbonyl (C=O) groups is 3. The molecule has 0 radical (unpaired) electrons. The van der Waals surface area contributed by atoms with Gasteiger partial charge in [0.25, 0.3) is 5.91 Å². The number of para-hydroxylation sites is 2. The number of esters is 1. The molecular weight excluding hydrogens is 351 g/mol. The van der Waals surface area contributed by atoms with Crippen molar-refractivity contribution in [2.75, 3.05) is 10.2 Å². The highest BCUT2D eigenvalue weighted by molar-refractivity contribution is 6.15. The number of halogens is 1. The predicted octanol–water partition coefficient (Wildman–Crippen LogP) is 3.13. The van der Waals surface area contributed by atoms with E-state index < -0.39 is 29.3 Å². The first-order valence-corrected chi connectivity index (χ1v) is 8.43. The lowest BCUT2D eigenvalue weighted by Crippen LogP contribution is -2.60. The molecule has 0 saturated heterocycles. The maximum absolute atomic E-state index is 13.8. The SMILES string of the molecule is C[C@@H](OC(=O)c1ccccc1F)C(=O)N1c2ccccc2NC(=O)C1(C)C. The fourth-order valence-corrected chi connectivity index (χ4v) is 2.93. The van der Waals surface area contributed by atoms with Crippen LogP contribution < -0.4 is 10.2 Å². The second kappa shape index (κ2) is 6.83. The third-order valence-corrected chi connectivity index (χ3v) is 4.45. The normalized spacial score (nSPS) is 16.1. The van der Waals surface area contributed by atoms with Gasteiger partial charge in [0.2, 0.25) is 5.91 Å². The second-order valence-corrected chi connectivity index (χ2v) is 6.73. The van der Waals surface area contributed by atoms with Crippen LogP contribution >= 0.6 is 0 Å². The average molecular weight is 370 g/mol. The van der Waals surface area contributed by atoms with Crippen molar-refractivity contribution >= 4 is 29.2 Å². The van der Waals surface area contributed by atoms with Gasteiger partial charge in [-0.3, -0.25) is 14.5 Å². The quantitative estimate of drug-likeness (QED) is 0.843. The Morgan fingerprint density at radius 1 is 1.11 bits per heavy atom. The number of ether oxygens (including phenoxy) is 1. The molecule has 0 spiro atoms. The zero-order valence-electron chi connectivity index (χ0n) is 15.2. The Hall–Kier alpha value is -3.22. The minimum Gasteiger partial charge on any atom is -0.449 e. The molecule has 2 amide bonds. The molecule has 1 heterocycles.